The summed E-state index contributed by atoms with van der Waals surface area (Å²) in [5.74, 6) is -1.22. The molecular weight excluding hydrogens is 342 g/mol. The van der Waals surface area contributed by atoms with Gasteiger partial charge in [-0.25, -0.2) is 4.79 Å². The minimum Gasteiger partial charge on any atom is -0.508 e. The molecule has 0 radical (unpaired) electrons. The van der Waals surface area contributed by atoms with Crippen LogP contribution in [0, 0.1) is 0 Å². The minimum absolute atomic E-state index is 0.0770. The third-order valence-corrected chi connectivity index (χ3v) is 2.92. The summed E-state index contributed by atoms with van der Waals surface area (Å²) >= 11 is 0. The van der Waals surface area contributed by atoms with E-state index in [1.807, 2.05) is 0 Å². The van der Waals surface area contributed by atoms with Crippen LogP contribution < -0.4 is 16.0 Å². The van der Waals surface area contributed by atoms with Crippen molar-refractivity contribution in [1.29, 1.82) is 0 Å². The van der Waals surface area contributed by atoms with Gasteiger partial charge in [-0.2, -0.15) is 0 Å². The van der Waals surface area contributed by atoms with E-state index in [2.05, 4.69) is 16.0 Å². The average molecular weight is 367 g/mol. The van der Waals surface area contributed by atoms with Crippen LogP contribution in [0.3, 0.4) is 0 Å². The van der Waals surface area contributed by atoms with Crippen molar-refractivity contribution in [3.05, 3.63) is 23.8 Å². The number of benzene rings is 1. The van der Waals surface area contributed by atoms with Gasteiger partial charge in [-0.1, -0.05) is 0 Å². The Kier molecular flexibility index (Phi) is 7.70. The maximum atomic E-state index is 11.8. The lowest BCUT2D eigenvalue weighted by Crippen LogP contribution is -2.37. The highest BCUT2D eigenvalue weighted by Gasteiger charge is 2.15. The molecule has 0 bridgehead atoms. The van der Waals surface area contributed by atoms with Gasteiger partial charge in [0, 0.05) is 37.7 Å². The highest BCUT2D eigenvalue weighted by atomic mass is 16.6. The predicted molar refractivity (Wildman–Crippen MR) is 94.0 cm³/mol. The van der Waals surface area contributed by atoms with Crippen molar-refractivity contribution in [1.82, 2.24) is 16.0 Å². The summed E-state index contributed by atoms with van der Waals surface area (Å²) in [6.45, 7) is 5.72. The lowest BCUT2D eigenvalue weighted by atomic mass is 10.2. The smallest absolute Gasteiger partial charge is 0.407 e. The second-order valence-electron chi connectivity index (χ2n) is 6.52. The zero-order valence-corrected chi connectivity index (χ0v) is 15.1. The fraction of sp³-hybridized carbons (Fsp3) is 0.471. The third-order valence-electron chi connectivity index (χ3n) is 2.92. The maximum Gasteiger partial charge on any atom is 0.407 e. The van der Waals surface area contributed by atoms with E-state index in [1.165, 1.54) is 12.1 Å². The number of aromatic hydroxyl groups is 2. The fourth-order valence-electron chi connectivity index (χ4n) is 1.89. The van der Waals surface area contributed by atoms with Crippen LogP contribution in [-0.2, 0) is 9.53 Å². The molecule has 0 aliphatic carbocycles. The van der Waals surface area contributed by atoms with E-state index in [9.17, 15) is 24.6 Å². The van der Waals surface area contributed by atoms with Crippen LogP contribution >= 0.6 is 0 Å². The van der Waals surface area contributed by atoms with E-state index in [1.54, 1.807) is 20.8 Å². The van der Waals surface area contributed by atoms with Gasteiger partial charge in [0.2, 0.25) is 5.91 Å². The molecule has 9 nitrogen and oxygen atoms in total. The number of carbonyl (C=O) groups excluding carboxylic acids is 3. The highest BCUT2D eigenvalue weighted by Crippen LogP contribution is 2.20. The van der Waals surface area contributed by atoms with Crippen molar-refractivity contribution in [3.63, 3.8) is 0 Å². The first-order valence-electron chi connectivity index (χ1n) is 8.11. The second-order valence-corrected chi connectivity index (χ2v) is 6.52. The first-order valence-corrected chi connectivity index (χ1v) is 8.11. The Morgan fingerprint density at radius 1 is 0.923 bits per heavy atom. The highest BCUT2D eigenvalue weighted by molar-refractivity contribution is 5.95. The summed E-state index contributed by atoms with van der Waals surface area (Å²) in [5, 5.41) is 26.3. The standard InChI is InChI=1S/C17H25N3O6/c1-17(2,3)26-16(25)20-5-4-14(23)18-6-7-19-15(24)11-8-12(21)10-13(22)9-11/h8-10,21-22H,4-7H2,1-3H3,(H,18,23)(H,19,24)(H,20,25). The van der Waals surface area contributed by atoms with Crippen molar-refractivity contribution in [2.75, 3.05) is 19.6 Å². The van der Waals surface area contributed by atoms with Crippen LogP contribution in [0.15, 0.2) is 18.2 Å². The molecular formula is C17H25N3O6. The molecule has 0 aliphatic heterocycles. The summed E-state index contributed by atoms with van der Waals surface area (Å²) in [7, 11) is 0. The zero-order valence-electron chi connectivity index (χ0n) is 15.1. The van der Waals surface area contributed by atoms with Gasteiger partial charge < -0.3 is 30.9 Å². The van der Waals surface area contributed by atoms with Crippen LogP contribution in [0.4, 0.5) is 4.79 Å². The monoisotopic (exact) mass is 367 g/mol. The quantitative estimate of drug-likeness (QED) is 0.453. The number of phenolic OH excluding ortho intramolecular Hbond substituents is 2. The van der Waals surface area contributed by atoms with Crippen LogP contribution in [0.2, 0.25) is 0 Å². The van der Waals surface area contributed by atoms with Gasteiger partial charge in [-0.15, -0.1) is 0 Å². The largest absolute Gasteiger partial charge is 0.508 e. The van der Waals surface area contributed by atoms with Gasteiger partial charge in [-0.3, -0.25) is 9.59 Å². The Labute approximate surface area is 151 Å². The molecule has 0 aliphatic rings. The van der Waals surface area contributed by atoms with Crippen molar-refractivity contribution >= 4 is 17.9 Å². The number of rotatable bonds is 7. The van der Waals surface area contributed by atoms with E-state index in [0.717, 1.165) is 6.07 Å². The predicted octanol–water partition coefficient (Wildman–Crippen LogP) is 0.859. The molecule has 0 aromatic heterocycles. The van der Waals surface area contributed by atoms with Crippen LogP contribution in [0.25, 0.3) is 0 Å². The van der Waals surface area contributed by atoms with Gasteiger partial charge in [0.05, 0.1) is 0 Å². The molecule has 26 heavy (non-hydrogen) atoms. The maximum absolute atomic E-state index is 11.8. The first-order chi connectivity index (χ1) is 12.1. The van der Waals surface area contributed by atoms with Crippen molar-refractivity contribution in [2.45, 2.75) is 32.8 Å². The molecule has 5 N–H and O–H groups in total. The molecule has 1 rings (SSSR count). The molecule has 0 heterocycles. The first kappa shape index (κ1) is 21.1. The Hall–Kier alpha value is -2.97. The summed E-state index contributed by atoms with van der Waals surface area (Å²) in [6.07, 6.45) is -0.514. The number of amides is 3. The second kappa shape index (κ2) is 9.50. The number of nitrogens with one attached hydrogen (secondary N) is 3. The molecule has 9 heteroatoms. The van der Waals surface area contributed by atoms with Gasteiger partial charge in [-0.05, 0) is 32.9 Å². The number of hydrogen-bond donors (Lipinski definition) is 5. The van der Waals surface area contributed by atoms with E-state index < -0.39 is 17.6 Å². The zero-order chi connectivity index (χ0) is 19.7. The topological polar surface area (TPSA) is 137 Å². The normalized spacial score (nSPS) is 10.7. The summed E-state index contributed by atoms with van der Waals surface area (Å²) in [4.78, 5) is 34.9. The third kappa shape index (κ3) is 8.76. The Morgan fingerprint density at radius 3 is 2.08 bits per heavy atom. The number of carbonyl (C=O) groups is 3. The van der Waals surface area contributed by atoms with Crippen molar-refractivity contribution < 1.29 is 29.3 Å². The molecule has 0 unspecified atom stereocenters. The van der Waals surface area contributed by atoms with E-state index >= 15 is 0 Å². The molecule has 0 saturated carbocycles. The summed E-state index contributed by atoms with van der Waals surface area (Å²) in [5.41, 5.74) is -0.493. The van der Waals surface area contributed by atoms with Crippen LogP contribution in [-0.4, -0.2) is 53.4 Å². The Balaban J connectivity index is 2.20. The summed E-state index contributed by atoms with van der Waals surface area (Å²) in [6, 6.07) is 3.55. The summed E-state index contributed by atoms with van der Waals surface area (Å²) < 4.78 is 5.04. The molecule has 0 saturated heterocycles. The Morgan fingerprint density at radius 2 is 1.50 bits per heavy atom. The molecule has 0 fully saturated rings. The average Bonchev–Trinajstić information content (AvgIpc) is 2.48. The number of phenols is 2. The van der Waals surface area contributed by atoms with Gasteiger partial charge >= 0.3 is 6.09 Å². The van der Waals surface area contributed by atoms with E-state index in [4.69, 9.17) is 4.74 Å². The van der Waals surface area contributed by atoms with Gasteiger partial charge in [0.25, 0.3) is 5.91 Å². The lowest BCUT2D eigenvalue weighted by Gasteiger charge is -2.19. The Bertz CT molecular complexity index is 634. The minimum atomic E-state index is -0.600. The van der Waals surface area contributed by atoms with Crippen molar-refractivity contribution in [2.24, 2.45) is 0 Å². The molecule has 0 spiro atoms. The van der Waals surface area contributed by atoms with Crippen LogP contribution in [0.1, 0.15) is 37.6 Å². The fourth-order valence-corrected chi connectivity index (χ4v) is 1.89. The molecule has 1 aromatic carbocycles. The van der Waals surface area contributed by atoms with Crippen LogP contribution in [0.5, 0.6) is 11.5 Å². The van der Waals surface area contributed by atoms with E-state index in [-0.39, 0.29) is 49.0 Å². The molecule has 1 aromatic rings. The van der Waals surface area contributed by atoms with Gasteiger partial charge in [0.15, 0.2) is 0 Å². The molecule has 3 amide bonds. The van der Waals surface area contributed by atoms with E-state index in [0.29, 0.717) is 0 Å². The number of hydrogen-bond acceptors (Lipinski definition) is 6. The van der Waals surface area contributed by atoms with Crippen molar-refractivity contribution in [3.8, 4) is 11.5 Å². The molecule has 144 valence electrons. The lowest BCUT2D eigenvalue weighted by molar-refractivity contribution is -0.120. The number of ether oxygens (including phenoxy) is 1. The molecule has 0 atom stereocenters. The SMILES string of the molecule is CC(C)(C)OC(=O)NCCC(=O)NCCNC(=O)c1cc(O)cc(O)c1. The number of alkyl carbamates (subject to hydrolysis) is 1. The van der Waals surface area contributed by atoms with Gasteiger partial charge in [0.1, 0.15) is 17.1 Å².